The van der Waals surface area contributed by atoms with E-state index in [2.05, 4.69) is 15.0 Å². The first kappa shape index (κ1) is 14.2. The first-order valence-electron chi connectivity index (χ1n) is 7.02. The van der Waals surface area contributed by atoms with Crippen molar-refractivity contribution in [1.82, 2.24) is 15.0 Å². The van der Waals surface area contributed by atoms with Crippen molar-refractivity contribution in [3.8, 4) is 6.01 Å². The molecule has 3 heterocycles. The molecule has 1 saturated heterocycles. The molecule has 114 valence electrons. The molecule has 3 rings (SSSR count). The molecule has 0 atom stereocenters. The number of hydrogen-bond donors (Lipinski definition) is 0. The molecule has 0 saturated carbocycles. The molecule has 0 unspecified atom stereocenters. The van der Waals surface area contributed by atoms with Gasteiger partial charge in [0.25, 0.3) is 0 Å². The van der Waals surface area contributed by atoms with Crippen molar-refractivity contribution in [1.29, 1.82) is 0 Å². The van der Waals surface area contributed by atoms with Crippen LogP contribution in [-0.2, 0) is 0 Å². The first-order chi connectivity index (χ1) is 10.7. The van der Waals surface area contributed by atoms with Crippen molar-refractivity contribution >= 4 is 11.5 Å². The number of piperidine rings is 1. The zero-order chi connectivity index (χ0) is 15.4. The molecule has 0 N–H and O–H groups in total. The van der Waals surface area contributed by atoms with E-state index in [0.29, 0.717) is 24.9 Å². The summed E-state index contributed by atoms with van der Waals surface area (Å²) in [6, 6.07) is 5.15. The Morgan fingerprint density at radius 1 is 1.14 bits per heavy atom. The van der Waals surface area contributed by atoms with Crippen LogP contribution >= 0.6 is 0 Å². The van der Waals surface area contributed by atoms with Crippen LogP contribution < -0.4 is 9.64 Å². The number of rotatable bonds is 4. The second-order valence-corrected chi connectivity index (χ2v) is 4.94. The van der Waals surface area contributed by atoms with E-state index in [-0.39, 0.29) is 11.8 Å². The lowest BCUT2D eigenvalue weighted by Crippen LogP contribution is -2.39. The maximum Gasteiger partial charge on any atom is 0.316 e. The van der Waals surface area contributed by atoms with E-state index in [1.54, 1.807) is 30.7 Å². The smallest absolute Gasteiger partial charge is 0.316 e. The summed E-state index contributed by atoms with van der Waals surface area (Å²) in [6.45, 7) is 1.30. The monoisotopic (exact) mass is 301 g/mol. The highest BCUT2D eigenvalue weighted by molar-refractivity contribution is 5.57. The second kappa shape index (κ2) is 6.33. The zero-order valence-corrected chi connectivity index (χ0v) is 11.8. The Hall–Kier alpha value is -2.77. The fourth-order valence-corrected chi connectivity index (χ4v) is 2.46. The van der Waals surface area contributed by atoms with E-state index in [9.17, 15) is 10.1 Å². The van der Waals surface area contributed by atoms with Gasteiger partial charge in [-0.1, -0.05) is 0 Å². The Bertz CT molecular complexity index is 644. The minimum atomic E-state index is -0.400. The lowest BCUT2D eigenvalue weighted by atomic mass is 10.1. The third kappa shape index (κ3) is 3.11. The van der Waals surface area contributed by atoms with Gasteiger partial charge in [-0.2, -0.15) is 0 Å². The van der Waals surface area contributed by atoms with E-state index in [0.717, 1.165) is 12.8 Å². The summed E-state index contributed by atoms with van der Waals surface area (Å²) in [5.41, 5.74) is 0.0354. The molecule has 2 aromatic heterocycles. The van der Waals surface area contributed by atoms with Crippen LogP contribution in [0.2, 0.25) is 0 Å². The third-order valence-corrected chi connectivity index (χ3v) is 3.52. The molecule has 1 fully saturated rings. The molecule has 8 nitrogen and oxygen atoms in total. The average molecular weight is 301 g/mol. The Kier molecular flexibility index (Phi) is 4.08. The van der Waals surface area contributed by atoms with Crippen LogP contribution in [0.3, 0.4) is 0 Å². The summed E-state index contributed by atoms with van der Waals surface area (Å²) in [5.74, 6) is 0.418. The van der Waals surface area contributed by atoms with Crippen LogP contribution in [0.4, 0.5) is 11.5 Å². The highest BCUT2D eigenvalue weighted by atomic mass is 16.6. The van der Waals surface area contributed by atoms with Gasteiger partial charge in [0.15, 0.2) is 0 Å². The minimum Gasteiger partial charge on any atom is -0.460 e. The number of nitrogens with zero attached hydrogens (tertiary/aromatic N) is 5. The number of ether oxygens (including phenoxy) is 1. The van der Waals surface area contributed by atoms with Crippen LogP contribution in [0, 0.1) is 10.1 Å². The van der Waals surface area contributed by atoms with Gasteiger partial charge in [-0.3, -0.25) is 10.1 Å². The third-order valence-electron chi connectivity index (χ3n) is 3.52. The lowest BCUT2D eigenvalue weighted by molar-refractivity contribution is -0.384. The van der Waals surface area contributed by atoms with Crippen LogP contribution in [0.1, 0.15) is 12.8 Å². The number of aromatic nitrogens is 3. The van der Waals surface area contributed by atoms with Gasteiger partial charge in [0.1, 0.15) is 6.10 Å². The number of pyridine rings is 1. The van der Waals surface area contributed by atoms with Gasteiger partial charge in [-0.15, -0.1) is 0 Å². The van der Waals surface area contributed by atoms with Crippen LogP contribution in [0.25, 0.3) is 0 Å². The molecule has 22 heavy (non-hydrogen) atoms. The fraction of sp³-hybridized carbons (Fsp3) is 0.357. The van der Waals surface area contributed by atoms with Crippen LogP contribution in [0.5, 0.6) is 6.01 Å². The van der Waals surface area contributed by atoms with Crippen molar-refractivity contribution in [3.63, 3.8) is 0 Å². The van der Waals surface area contributed by atoms with Crippen molar-refractivity contribution < 1.29 is 9.66 Å². The largest absolute Gasteiger partial charge is 0.460 e. The van der Waals surface area contributed by atoms with Gasteiger partial charge in [0.2, 0.25) is 5.82 Å². The Morgan fingerprint density at radius 3 is 2.50 bits per heavy atom. The van der Waals surface area contributed by atoms with E-state index in [1.165, 1.54) is 6.07 Å². The molecular formula is C14H15N5O3. The van der Waals surface area contributed by atoms with Crippen molar-refractivity contribution in [3.05, 3.63) is 46.9 Å². The van der Waals surface area contributed by atoms with Crippen molar-refractivity contribution in [2.45, 2.75) is 18.9 Å². The highest BCUT2D eigenvalue weighted by Gasteiger charge is 2.26. The Balaban J connectivity index is 1.64. The summed E-state index contributed by atoms with van der Waals surface area (Å²) >= 11 is 0. The molecule has 0 aliphatic carbocycles. The predicted octanol–water partition coefficient (Wildman–Crippen LogP) is 1.83. The molecule has 0 aromatic carbocycles. The summed E-state index contributed by atoms with van der Waals surface area (Å²) in [4.78, 5) is 24.8. The Labute approximate surface area is 126 Å². The molecule has 8 heteroatoms. The Morgan fingerprint density at radius 2 is 1.82 bits per heavy atom. The standard InChI is InChI=1S/C14H15N5O3/c20-19(21)12-3-1-6-15-13(12)18-9-4-11(5-10-18)22-14-16-7-2-8-17-14/h1-3,6-8,11H,4-5,9-10H2. The maximum atomic E-state index is 11.1. The van der Waals surface area contributed by atoms with Gasteiger partial charge in [0.05, 0.1) is 4.92 Å². The van der Waals surface area contributed by atoms with Crippen molar-refractivity contribution in [2.24, 2.45) is 0 Å². The molecule has 0 amide bonds. The molecule has 0 radical (unpaired) electrons. The maximum absolute atomic E-state index is 11.1. The number of hydrogen-bond acceptors (Lipinski definition) is 7. The topological polar surface area (TPSA) is 94.3 Å². The quantitative estimate of drug-likeness (QED) is 0.628. The second-order valence-electron chi connectivity index (χ2n) is 4.94. The summed E-state index contributed by atoms with van der Waals surface area (Å²) in [7, 11) is 0. The highest BCUT2D eigenvalue weighted by Crippen LogP contribution is 2.28. The predicted molar refractivity (Wildman–Crippen MR) is 78.8 cm³/mol. The lowest BCUT2D eigenvalue weighted by Gasteiger charge is -2.31. The van der Waals surface area contributed by atoms with E-state index in [1.807, 2.05) is 4.90 Å². The SMILES string of the molecule is O=[N+]([O-])c1cccnc1N1CCC(Oc2ncccn2)CC1. The molecule has 0 spiro atoms. The normalized spacial score (nSPS) is 15.5. The van der Waals surface area contributed by atoms with E-state index in [4.69, 9.17) is 4.74 Å². The summed E-state index contributed by atoms with van der Waals surface area (Å²) < 4.78 is 5.71. The van der Waals surface area contributed by atoms with E-state index >= 15 is 0 Å². The van der Waals surface area contributed by atoms with Crippen LogP contribution in [-0.4, -0.2) is 39.1 Å². The molecule has 0 bridgehead atoms. The van der Waals surface area contributed by atoms with Crippen molar-refractivity contribution in [2.75, 3.05) is 18.0 Å². The van der Waals surface area contributed by atoms with Gasteiger partial charge < -0.3 is 9.64 Å². The number of anilines is 1. The summed E-state index contributed by atoms with van der Waals surface area (Å²) in [6.07, 6.45) is 6.34. The van der Waals surface area contributed by atoms with Crippen LogP contribution in [0.15, 0.2) is 36.8 Å². The van der Waals surface area contributed by atoms with Gasteiger partial charge in [-0.25, -0.2) is 15.0 Å². The molecule has 1 aliphatic heterocycles. The van der Waals surface area contributed by atoms with Gasteiger partial charge in [-0.05, 0) is 12.1 Å². The average Bonchev–Trinajstić information content (AvgIpc) is 2.56. The molecule has 1 aliphatic rings. The molecule has 2 aromatic rings. The first-order valence-corrected chi connectivity index (χ1v) is 7.02. The van der Waals surface area contributed by atoms with Gasteiger partial charge in [0, 0.05) is 50.6 Å². The minimum absolute atomic E-state index is 0.0152. The number of nitro groups is 1. The fourth-order valence-electron chi connectivity index (χ4n) is 2.46. The van der Waals surface area contributed by atoms with Gasteiger partial charge >= 0.3 is 11.7 Å². The molecular weight excluding hydrogens is 286 g/mol. The summed E-state index contributed by atoms with van der Waals surface area (Å²) in [5, 5.41) is 11.1. The zero-order valence-electron chi connectivity index (χ0n) is 11.8. The van der Waals surface area contributed by atoms with E-state index < -0.39 is 4.92 Å².